The highest BCUT2D eigenvalue weighted by atomic mass is 32.2. The van der Waals surface area contributed by atoms with Gasteiger partial charge in [0.1, 0.15) is 47.1 Å². The van der Waals surface area contributed by atoms with Crippen molar-refractivity contribution in [2.45, 2.75) is 115 Å². The number of hydrogen-bond acceptors (Lipinski definition) is 17. The Balaban J connectivity index is 0.000000300. The van der Waals surface area contributed by atoms with Gasteiger partial charge in [0.15, 0.2) is 0 Å². The van der Waals surface area contributed by atoms with Crippen LogP contribution in [0.2, 0.25) is 0 Å². The maximum absolute atomic E-state index is 10.9. The van der Waals surface area contributed by atoms with Crippen LogP contribution in [0.25, 0.3) is 0 Å². The first kappa shape index (κ1) is 71.3. The molecule has 16 nitrogen and oxygen atoms in total. The largest absolute Gasteiger partial charge is 0.497 e. The number of para-hydroxylation sites is 1. The molecule has 2 saturated carbocycles. The number of thioether (sulfide) groups is 1. The Labute approximate surface area is 504 Å². The first-order valence-corrected chi connectivity index (χ1v) is 30.5. The Kier molecular flexibility index (Phi) is 39.4. The molecule has 4 aromatic rings. The van der Waals surface area contributed by atoms with Crippen LogP contribution in [0.3, 0.4) is 0 Å². The molecule has 2 aliphatic rings. The highest BCUT2D eigenvalue weighted by molar-refractivity contribution is 7.99. The van der Waals surface area contributed by atoms with Gasteiger partial charge >= 0.3 is 11.9 Å². The minimum atomic E-state index is -0.354. The third-order valence-corrected chi connectivity index (χ3v) is 14.8. The minimum absolute atomic E-state index is 0.221. The summed E-state index contributed by atoms with van der Waals surface area (Å²) >= 11 is 1.73. The maximum atomic E-state index is 10.9. The quantitative estimate of drug-likeness (QED) is 0.00821. The molecule has 2 aliphatic carbocycles. The fourth-order valence-electron chi connectivity index (χ4n) is 8.77. The summed E-state index contributed by atoms with van der Waals surface area (Å²) in [6, 6.07) is 28.8. The van der Waals surface area contributed by atoms with Crippen LogP contribution in [0.4, 0.5) is 5.69 Å². The van der Waals surface area contributed by atoms with E-state index in [1.54, 1.807) is 26.0 Å². The molecule has 4 aromatic carbocycles. The van der Waals surface area contributed by atoms with Crippen LogP contribution in [0.15, 0.2) is 126 Å². The standard InChI is InChI=1S/C23H31NO4.2C16H22O4.C12H18N2OS/c24-12-21-11-22(27-15-19-5-1-17(13-25)2-6-19)9-10-23(21)28-16-20-7-3-18(14-26)4-8-20;2*1-3-16(17)20-13-7-5-4-6-12-19-15-10-8-14(18-2)9-11-15;1-3-15-9-8-14-10-16-12-7-5-4-6-11(12)13-2/h9-14,17-20,24H,1-8,15-16H2;2*3,8-11H,1,4-7,12-13H2,2H3;4-7,14H,2-3,8-10H2,1H3. The molecule has 0 radical (unpaired) electrons. The van der Waals surface area contributed by atoms with Crippen molar-refractivity contribution in [2.75, 3.05) is 79.5 Å². The summed E-state index contributed by atoms with van der Waals surface area (Å²) in [5.41, 5.74) is 1.67. The van der Waals surface area contributed by atoms with E-state index in [-0.39, 0.29) is 23.8 Å². The zero-order chi connectivity index (χ0) is 60.7. The molecule has 0 unspecified atom stereocenters. The first-order valence-electron chi connectivity index (χ1n) is 29.5. The van der Waals surface area contributed by atoms with Crippen LogP contribution in [0.5, 0.6) is 34.5 Å². The van der Waals surface area contributed by atoms with Gasteiger partial charge in [-0.3, -0.25) is 4.99 Å². The van der Waals surface area contributed by atoms with Crippen LogP contribution < -0.4 is 33.7 Å². The molecule has 460 valence electrons. The van der Waals surface area contributed by atoms with Gasteiger partial charge in [-0.05, 0) is 207 Å². The first-order chi connectivity index (χ1) is 41.1. The molecular weight excluding hydrogens is 1090 g/mol. The number of nitrogens with zero attached hydrogens (tertiary/aromatic N) is 1. The number of methoxy groups -OCH3 is 2. The van der Waals surface area contributed by atoms with E-state index in [0.29, 0.717) is 57.2 Å². The Morgan fingerprint density at radius 1 is 0.595 bits per heavy atom. The number of aldehydes is 2. The van der Waals surface area contributed by atoms with Gasteiger partial charge in [-0.1, -0.05) is 25.3 Å². The maximum Gasteiger partial charge on any atom is 0.330 e. The number of ether oxygens (including phenoxy) is 9. The molecule has 0 heterocycles. The highest BCUT2D eigenvalue weighted by Crippen LogP contribution is 2.32. The average Bonchev–Trinajstić information content (AvgIpc) is 3.73. The predicted octanol–water partition coefficient (Wildman–Crippen LogP) is 13.9. The lowest BCUT2D eigenvalue weighted by Gasteiger charge is -2.26. The summed E-state index contributed by atoms with van der Waals surface area (Å²) in [6.07, 6.45) is 21.7. The van der Waals surface area contributed by atoms with Crippen molar-refractivity contribution < 1.29 is 61.8 Å². The smallest absolute Gasteiger partial charge is 0.330 e. The number of nitrogens with one attached hydrogen (secondary N) is 2. The normalized spacial score (nSPS) is 15.8. The Morgan fingerprint density at radius 2 is 1.06 bits per heavy atom. The number of rotatable bonds is 37. The lowest BCUT2D eigenvalue weighted by molar-refractivity contribution is -0.138. The van der Waals surface area contributed by atoms with Gasteiger partial charge in [-0.15, -0.1) is 11.8 Å². The molecule has 0 bridgehead atoms. The zero-order valence-electron chi connectivity index (χ0n) is 50.0. The molecule has 0 spiro atoms. The van der Waals surface area contributed by atoms with E-state index >= 15 is 0 Å². The summed E-state index contributed by atoms with van der Waals surface area (Å²) in [6.45, 7) is 18.3. The lowest BCUT2D eigenvalue weighted by atomic mass is 9.83. The predicted molar refractivity (Wildman–Crippen MR) is 335 cm³/mol. The molecule has 0 amide bonds. The molecule has 0 atom stereocenters. The van der Waals surface area contributed by atoms with E-state index in [1.807, 2.05) is 91.9 Å². The van der Waals surface area contributed by atoms with Crippen molar-refractivity contribution >= 4 is 54.9 Å². The fraction of sp³-hybridized carbons (Fsp3) is 0.493. The molecule has 6 rings (SSSR count). The van der Waals surface area contributed by atoms with E-state index in [0.717, 1.165) is 186 Å². The summed E-state index contributed by atoms with van der Waals surface area (Å²) in [5, 5.41) is 11.0. The third kappa shape index (κ3) is 32.2. The van der Waals surface area contributed by atoms with Gasteiger partial charge in [0.2, 0.25) is 0 Å². The van der Waals surface area contributed by atoms with Gasteiger partial charge in [-0.25, -0.2) is 9.59 Å². The van der Waals surface area contributed by atoms with Gasteiger partial charge in [0.05, 0.1) is 66.2 Å². The van der Waals surface area contributed by atoms with Crippen molar-refractivity contribution in [3.63, 3.8) is 0 Å². The summed E-state index contributed by atoms with van der Waals surface area (Å²) < 4.78 is 48.3. The molecule has 17 heteroatoms. The highest BCUT2D eigenvalue weighted by Gasteiger charge is 2.23. The molecule has 0 aliphatic heterocycles. The second kappa shape index (κ2) is 46.4. The average molecular weight is 1180 g/mol. The topological polar surface area (TPSA) is 200 Å². The Hall–Kier alpha value is -6.95. The number of carbonyl (C=O) groups is 4. The van der Waals surface area contributed by atoms with Gasteiger partial charge < -0.3 is 62.9 Å². The van der Waals surface area contributed by atoms with Crippen molar-refractivity contribution in [2.24, 2.45) is 28.7 Å². The van der Waals surface area contributed by atoms with Crippen LogP contribution in [-0.2, 0) is 33.4 Å². The van der Waals surface area contributed by atoms with Crippen LogP contribution in [-0.4, -0.2) is 117 Å². The molecule has 0 saturated heterocycles. The number of esters is 2. The van der Waals surface area contributed by atoms with Crippen molar-refractivity contribution in [3.05, 3.63) is 122 Å². The van der Waals surface area contributed by atoms with Crippen molar-refractivity contribution in [3.8, 4) is 34.5 Å². The second-order valence-corrected chi connectivity index (χ2v) is 21.0. The van der Waals surface area contributed by atoms with Crippen molar-refractivity contribution in [1.82, 2.24) is 5.32 Å². The number of carbonyl (C=O) groups excluding carboxylic acids is 4. The molecule has 0 aromatic heterocycles. The van der Waals surface area contributed by atoms with Gasteiger partial charge in [0.25, 0.3) is 0 Å². The molecule has 84 heavy (non-hydrogen) atoms. The van der Waals surface area contributed by atoms with Crippen LogP contribution in [0, 0.1) is 29.1 Å². The van der Waals surface area contributed by atoms with Crippen LogP contribution in [0.1, 0.15) is 115 Å². The number of hydrogen-bond donors (Lipinski definition) is 2. The summed E-state index contributed by atoms with van der Waals surface area (Å²) in [4.78, 5) is 48.4. The number of benzene rings is 4. The Bertz CT molecular complexity index is 2360. The third-order valence-electron chi connectivity index (χ3n) is 13.8. The van der Waals surface area contributed by atoms with E-state index in [1.165, 1.54) is 18.4 Å². The number of aliphatic imine (C=N–C) groups is 1. The summed E-state index contributed by atoms with van der Waals surface area (Å²) in [7, 11) is 3.28. The van der Waals surface area contributed by atoms with E-state index < -0.39 is 0 Å². The SMILES string of the molecule is C=CC(=O)OCCCCCCOc1ccc(OC)cc1.C=CC(=O)OCCCCCCOc1ccc(OC)cc1.C=Nc1ccccc1SCNCCOCC.N=Cc1cc(OCC2CCC(C=O)CC2)ccc1OCC1CCC(C=O)CC1. The molecule has 2 fully saturated rings. The van der Waals surface area contributed by atoms with Gasteiger partial charge in [0, 0.05) is 59.7 Å². The minimum Gasteiger partial charge on any atom is -0.497 e. The Morgan fingerprint density at radius 3 is 1.51 bits per heavy atom. The summed E-state index contributed by atoms with van der Waals surface area (Å²) in [5.74, 6) is 6.41. The van der Waals surface area contributed by atoms with E-state index in [9.17, 15) is 19.2 Å². The second-order valence-electron chi connectivity index (χ2n) is 20.0. The van der Waals surface area contributed by atoms with E-state index in [4.69, 9.17) is 48.0 Å². The molecular formula is C67H93N3O13S. The van der Waals surface area contributed by atoms with Crippen molar-refractivity contribution in [1.29, 1.82) is 5.41 Å². The number of unbranched alkanes of at least 4 members (excludes halogenated alkanes) is 6. The lowest BCUT2D eigenvalue weighted by Crippen LogP contribution is -2.21. The van der Waals surface area contributed by atoms with E-state index in [2.05, 4.69) is 36.3 Å². The monoisotopic (exact) mass is 1180 g/mol. The molecule has 2 N–H and O–H groups in total. The zero-order valence-corrected chi connectivity index (χ0v) is 50.8. The van der Waals surface area contributed by atoms with Gasteiger partial charge in [-0.2, -0.15) is 0 Å². The fourth-order valence-corrected chi connectivity index (χ4v) is 9.62. The van der Waals surface area contributed by atoms with Crippen LogP contribution >= 0.6 is 11.8 Å².